The summed E-state index contributed by atoms with van der Waals surface area (Å²) in [6.45, 7) is 0. The van der Waals surface area contributed by atoms with Crippen molar-refractivity contribution in [1.29, 1.82) is 0 Å². The van der Waals surface area contributed by atoms with Crippen molar-refractivity contribution in [2.45, 2.75) is 0 Å². The van der Waals surface area contributed by atoms with E-state index in [0.29, 0.717) is 0 Å². The molecular formula is C13H8NO2-. The van der Waals surface area contributed by atoms with Crippen LogP contribution in [0.2, 0.25) is 0 Å². The Kier molecular flexibility index (Phi) is 1.74. The highest BCUT2D eigenvalue weighted by Gasteiger charge is 2.04. The second-order valence-electron chi connectivity index (χ2n) is 3.72. The van der Waals surface area contributed by atoms with Crippen LogP contribution in [0.5, 0.6) is 0 Å². The van der Waals surface area contributed by atoms with Gasteiger partial charge in [-0.15, -0.1) is 0 Å². The van der Waals surface area contributed by atoms with E-state index in [1.54, 1.807) is 6.07 Å². The van der Waals surface area contributed by atoms with Gasteiger partial charge in [-0.05, 0) is 11.5 Å². The zero-order valence-corrected chi connectivity index (χ0v) is 8.36. The van der Waals surface area contributed by atoms with E-state index in [9.17, 15) is 9.90 Å². The third-order valence-electron chi connectivity index (χ3n) is 2.74. The van der Waals surface area contributed by atoms with Gasteiger partial charge in [0.2, 0.25) is 0 Å². The van der Waals surface area contributed by atoms with Crippen molar-refractivity contribution >= 4 is 27.6 Å². The molecule has 0 bridgehead atoms. The molecule has 0 aliphatic rings. The first-order valence-corrected chi connectivity index (χ1v) is 4.97. The van der Waals surface area contributed by atoms with Gasteiger partial charge in [-0.25, -0.2) is 0 Å². The van der Waals surface area contributed by atoms with Gasteiger partial charge in [0.25, 0.3) is 0 Å². The van der Waals surface area contributed by atoms with Crippen molar-refractivity contribution in [2.24, 2.45) is 0 Å². The van der Waals surface area contributed by atoms with Crippen LogP contribution in [0.1, 0.15) is 10.5 Å². The molecule has 0 saturated carbocycles. The number of aromatic carboxylic acids is 1. The third-order valence-corrected chi connectivity index (χ3v) is 2.74. The molecule has 0 amide bonds. The number of carbonyl (C=O) groups excluding carboxylic acids is 1. The smallest absolute Gasteiger partial charge is 0.0878 e. The summed E-state index contributed by atoms with van der Waals surface area (Å²) < 4.78 is 0. The molecule has 1 heterocycles. The van der Waals surface area contributed by atoms with Gasteiger partial charge in [-0.3, -0.25) is 0 Å². The zero-order valence-electron chi connectivity index (χ0n) is 8.36. The van der Waals surface area contributed by atoms with Gasteiger partial charge in [0.15, 0.2) is 0 Å². The number of benzene rings is 2. The molecule has 3 rings (SSSR count). The Labute approximate surface area is 91.3 Å². The lowest BCUT2D eigenvalue weighted by atomic mass is 10.1. The molecule has 0 atom stereocenters. The maximum Gasteiger partial charge on any atom is 0.0878 e. The number of hydrogen-bond acceptors (Lipinski definition) is 2. The predicted octanol–water partition coefficient (Wildman–Crippen LogP) is 1.68. The van der Waals surface area contributed by atoms with E-state index in [2.05, 4.69) is 4.98 Å². The Hall–Kier alpha value is -2.29. The monoisotopic (exact) mass is 210 g/mol. The minimum Gasteiger partial charge on any atom is -0.543 e. The molecule has 0 saturated heterocycles. The van der Waals surface area contributed by atoms with E-state index in [4.69, 9.17) is 0 Å². The molecule has 0 aliphatic carbocycles. The lowest BCUT2D eigenvalue weighted by Crippen LogP contribution is -2.22. The molecule has 0 spiro atoms. The predicted molar refractivity (Wildman–Crippen MR) is 60.1 cm³/mol. The van der Waals surface area contributed by atoms with Gasteiger partial charge in [0, 0.05) is 10.8 Å². The van der Waals surface area contributed by atoms with E-state index in [1.165, 1.54) is 0 Å². The standard InChI is InChI=1S/C13H9NO2/c15-13(16)11-7-9-6-5-8-3-1-2-4-10(8)12(9)14-11/h1-7,14H,(H,15,16)/p-1. The number of carboxylic acids is 1. The van der Waals surface area contributed by atoms with Crippen LogP contribution in [0, 0.1) is 0 Å². The quantitative estimate of drug-likeness (QED) is 0.664. The number of carboxylic acid groups (broad SMARTS) is 1. The van der Waals surface area contributed by atoms with E-state index < -0.39 is 5.97 Å². The molecule has 3 heteroatoms. The van der Waals surface area contributed by atoms with Gasteiger partial charge in [0.1, 0.15) is 0 Å². The maximum absolute atomic E-state index is 10.8. The van der Waals surface area contributed by atoms with Crippen molar-refractivity contribution in [2.75, 3.05) is 0 Å². The molecule has 78 valence electrons. The normalized spacial score (nSPS) is 11.0. The van der Waals surface area contributed by atoms with Crippen molar-refractivity contribution in [3.05, 3.63) is 48.2 Å². The molecule has 0 radical (unpaired) electrons. The van der Waals surface area contributed by atoms with Gasteiger partial charge in [-0.2, -0.15) is 0 Å². The number of hydrogen-bond donors (Lipinski definition) is 1. The van der Waals surface area contributed by atoms with Crippen LogP contribution in [0.25, 0.3) is 21.7 Å². The molecular weight excluding hydrogens is 202 g/mol. The lowest BCUT2D eigenvalue weighted by molar-refractivity contribution is -0.255. The number of aromatic nitrogens is 1. The fourth-order valence-corrected chi connectivity index (χ4v) is 1.98. The van der Waals surface area contributed by atoms with E-state index in [1.807, 2.05) is 36.4 Å². The third kappa shape index (κ3) is 1.18. The number of carbonyl (C=O) groups is 1. The molecule has 1 N–H and O–H groups in total. The Morgan fingerprint density at radius 1 is 1.06 bits per heavy atom. The van der Waals surface area contributed by atoms with Crippen molar-refractivity contribution in [1.82, 2.24) is 4.98 Å². The molecule has 3 nitrogen and oxygen atoms in total. The zero-order chi connectivity index (χ0) is 11.1. The molecule has 0 fully saturated rings. The summed E-state index contributed by atoms with van der Waals surface area (Å²) in [4.78, 5) is 13.6. The summed E-state index contributed by atoms with van der Waals surface area (Å²) in [5.74, 6) is -1.18. The lowest BCUT2D eigenvalue weighted by Gasteiger charge is -1.98. The van der Waals surface area contributed by atoms with Crippen molar-refractivity contribution in [3.63, 3.8) is 0 Å². The number of aromatic amines is 1. The van der Waals surface area contributed by atoms with E-state index in [-0.39, 0.29) is 5.69 Å². The van der Waals surface area contributed by atoms with Crippen LogP contribution in [0.3, 0.4) is 0 Å². The van der Waals surface area contributed by atoms with Gasteiger partial charge >= 0.3 is 0 Å². The second kappa shape index (κ2) is 3.10. The Bertz CT molecular complexity index is 697. The summed E-state index contributed by atoms with van der Waals surface area (Å²) in [7, 11) is 0. The van der Waals surface area contributed by atoms with Gasteiger partial charge in [-0.1, -0.05) is 36.4 Å². The first-order chi connectivity index (χ1) is 7.75. The minimum atomic E-state index is -1.18. The minimum absolute atomic E-state index is 0.117. The topological polar surface area (TPSA) is 55.9 Å². The molecule has 2 aromatic carbocycles. The Morgan fingerprint density at radius 2 is 1.81 bits per heavy atom. The number of H-pyrrole nitrogens is 1. The molecule has 16 heavy (non-hydrogen) atoms. The molecule has 3 aromatic rings. The number of fused-ring (bicyclic) bond motifs is 3. The average Bonchev–Trinajstić information content (AvgIpc) is 2.73. The molecule has 0 aliphatic heterocycles. The van der Waals surface area contributed by atoms with E-state index >= 15 is 0 Å². The van der Waals surface area contributed by atoms with Crippen LogP contribution >= 0.6 is 0 Å². The molecule has 1 aromatic heterocycles. The summed E-state index contributed by atoms with van der Waals surface area (Å²) in [6.07, 6.45) is 0. The van der Waals surface area contributed by atoms with Crippen molar-refractivity contribution in [3.8, 4) is 0 Å². The van der Waals surface area contributed by atoms with Gasteiger partial charge in [0.05, 0.1) is 17.2 Å². The summed E-state index contributed by atoms with van der Waals surface area (Å²) in [5, 5.41) is 13.8. The highest BCUT2D eigenvalue weighted by Crippen LogP contribution is 2.25. The second-order valence-corrected chi connectivity index (χ2v) is 3.72. The number of rotatable bonds is 1. The summed E-state index contributed by atoms with van der Waals surface area (Å²) in [5.41, 5.74) is 0.962. The Morgan fingerprint density at radius 3 is 2.62 bits per heavy atom. The van der Waals surface area contributed by atoms with Crippen LogP contribution in [0.15, 0.2) is 42.5 Å². The summed E-state index contributed by atoms with van der Waals surface area (Å²) in [6, 6.07) is 13.3. The highest BCUT2D eigenvalue weighted by atomic mass is 16.4. The SMILES string of the molecule is O=C([O-])c1cc2ccc3ccccc3c2[nH]1. The fourth-order valence-electron chi connectivity index (χ4n) is 1.98. The average molecular weight is 210 g/mol. The van der Waals surface area contributed by atoms with Crippen LogP contribution < -0.4 is 5.11 Å². The fraction of sp³-hybridized carbons (Fsp3) is 0. The maximum atomic E-state index is 10.8. The first kappa shape index (κ1) is 8.97. The van der Waals surface area contributed by atoms with Crippen LogP contribution in [0.4, 0.5) is 0 Å². The summed E-state index contributed by atoms with van der Waals surface area (Å²) >= 11 is 0. The van der Waals surface area contributed by atoms with Gasteiger partial charge < -0.3 is 14.9 Å². The van der Waals surface area contributed by atoms with Crippen molar-refractivity contribution < 1.29 is 9.90 Å². The van der Waals surface area contributed by atoms with Crippen LogP contribution in [-0.4, -0.2) is 11.0 Å². The molecule has 0 unspecified atom stereocenters. The number of nitrogens with one attached hydrogen (secondary N) is 1. The highest BCUT2D eigenvalue weighted by molar-refractivity contribution is 6.07. The first-order valence-electron chi connectivity index (χ1n) is 4.97. The Balaban J connectivity index is 2.46. The largest absolute Gasteiger partial charge is 0.543 e. The van der Waals surface area contributed by atoms with E-state index in [0.717, 1.165) is 21.7 Å². The van der Waals surface area contributed by atoms with Crippen LogP contribution in [-0.2, 0) is 0 Å².